The molecule has 1 rings (SSSR count). The van der Waals surface area contributed by atoms with E-state index in [-0.39, 0.29) is 11.6 Å². The number of unbranched alkanes of at least 4 members (excludes halogenated alkanes) is 1. The van der Waals surface area contributed by atoms with Crippen LogP contribution in [-0.2, 0) is 0 Å². The smallest absolute Gasteiger partial charge is 0.130 e. The maximum Gasteiger partial charge on any atom is 0.130 e. The van der Waals surface area contributed by atoms with Gasteiger partial charge in [0.2, 0.25) is 0 Å². The number of thioether (sulfide) groups is 1. The summed E-state index contributed by atoms with van der Waals surface area (Å²) >= 11 is 1.81. The molecule has 96 valence electrons. The highest BCUT2D eigenvalue weighted by Crippen LogP contribution is 2.20. The number of hydrogen-bond donors (Lipinski definition) is 1. The molecule has 0 bridgehead atoms. The molecule has 1 N–H and O–H groups in total. The largest absolute Gasteiger partial charge is 0.310 e. The number of halogens is 2. The van der Waals surface area contributed by atoms with Gasteiger partial charge in [-0.15, -0.1) is 0 Å². The van der Waals surface area contributed by atoms with E-state index in [0.29, 0.717) is 0 Å². The molecule has 1 unspecified atom stereocenters. The molecule has 0 heterocycles. The molecule has 1 aromatic rings. The minimum Gasteiger partial charge on any atom is -0.310 e. The summed E-state index contributed by atoms with van der Waals surface area (Å²) in [6, 6.07) is 3.69. The third kappa shape index (κ3) is 4.64. The highest BCUT2D eigenvalue weighted by Gasteiger charge is 2.14. The number of rotatable bonds is 7. The molecule has 1 atom stereocenters. The summed E-state index contributed by atoms with van der Waals surface area (Å²) in [7, 11) is 0. The molecule has 0 spiro atoms. The molecule has 17 heavy (non-hydrogen) atoms. The molecule has 1 nitrogen and oxygen atoms in total. The molecule has 1 aromatic carbocycles. The number of benzene rings is 1. The van der Waals surface area contributed by atoms with Crippen molar-refractivity contribution in [3.63, 3.8) is 0 Å². The molecule has 0 saturated carbocycles. The summed E-state index contributed by atoms with van der Waals surface area (Å²) in [4.78, 5) is 0. The summed E-state index contributed by atoms with van der Waals surface area (Å²) in [5.74, 6) is 0.174. The van der Waals surface area contributed by atoms with Crippen molar-refractivity contribution in [1.29, 1.82) is 0 Å². The van der Waals surface area contributed by atoms with E-state index in [4.69, 9.17) is 0 Å². The molecule has 0 aliphatic heterocycles. The lowest BCUT2D eigenvalue weighted by Crippen LogP contribution is -2.22. The molecule has 0 aliphatic rings. The lowest BCUT2D eigenvalue weighted by atomic mass is 10.1. The van der Waals surface area contributed by atoms with Gasteiger partial charge < -0.3 is 5.32 Å². The van der Waals surface area contributed by atoms with Crippen LogP contribution in [0.3, 0.4) is 0 Å². The quantitative estimate of drug-likeness (QED) is 0.748. The number of hydrogen-bond acceptors (Lipinski definition) is 2. The standard InChI is InChI=1S/C13H19F2NS/c1-10(16-8-3-4-9-17-2)13-11(14)6-5-7-12(13)15/h5-7,10,16H,3-4,8-9H2,1-2H3. The van der Waals surface area contributed by atoms with E-state index in [0.717, 1.165) is 25.1 Å². The first-order chi connectivity index (χ1) is 8.16. The minimum absolute atomic E-state index is 0.136. The number of nitrogens with one attached hydrogen (secondary N) is 1. The van der Waals surface area contributed by atoms with Crippen molar-refractivity contribution in [1.82, 2.24) is 5.32 Å². The van der Waals surface area contributed by atoms with Gasteiger partial charge in [-0.25, -0.2) is 8.78 Å². The monoisotopic (exact) mass is 259 g/mol. The maximum atomic E-state index is 13.4. The third-order valence-electron chi connectivity index (χ3n) is 2.66. The topological polar surface area (TPSA) is 12.0 Å². The third-order valence-corrected chi connectivity index (χ3v) is 3.36. The highest BCUT2D eigenvalue weighted by molar-refractivity contribution is 7.98. The zero-order chi connectivity index (χ0) is 12.7. The molecule has 0 fully saturated rings. The summed E-state index contributed by atoms with van der Waals surface area (Å²) in [6.45, 7) is 2.57. The molecule has 4 heteroatoms. The van der Waals surface area contributed by atoms with E-state index in [9.17, 15) is 8.78 Å². The maximum absolute atomic E-state index is 13.4. The molecule has 0 radical (unpaired) electrons. The Morgan fingerprint density at radius 1 is 1.24 bits per heavy atom. The van der Waals surface area contributed by atoms with Gasteiger partial charge in [0.05, 0.1) is 0 Å². The van der Waals surface area contributed by atoms with Gasteiger partial charge in [-0.1, -0.05) is 6.07 Å². The van der Waals surface area contributed by atoms with E-state index in [1.165, 1.54) is 18.2 Å². The molecular weight excluding hydrogens is 240 g/mol. The van der Waals surface area contributed by atoms with Crippen LogP contribution in [0.5, 0.6) is 0 Å². The van der Waals surface area contributed by atoms with Crippen LogP contribution >= 0.6 is 11.8 Å². The van der Waals surface area contributed by atoms with E-state index < -0.39 is 11.6 Å². The van der Waals surface area contributed by atoms with Gasteiger partial charge in [0.25, 0.3) is 0 Å². The predicted molar refractivity (Wildman–Crippen MR) is 70.4 cm³/mol. The van der Waals surface area contributed by atoms with Crippen molar-refractivity contribution in [2.24, 2.45) is 0 Å². The van der Waals surface area contributed by atoms with Crippen molar-refractivity contribution in [2.75, 3.05) is 18.6 Å². The second kappa shape index (κ2) is 7.67. The van der Waals surface area contributed by atoms with Crippen LogP contribution in [0.2, 0.25) is 0 Å². The fourth-order valence-electron chi connectivity index (χ4n) is 1.72. The van der Waals surface area contributed by atoms with Crippen molar-refractivity contribution < 1.29 is 8.78 Å². The first-order valence-corrected chi connectivity index (χ1v) is 7.22. The van der Waals surface area contributed by atoms with Crippen molar-refractivity contribution in [3.8, 4) is 0 Å². The van der Waals surface area contributed by atoms with Gasteiger partial charge in [-0.05, 0) is 50.5 Å². The zero-order valence-corrected chi connectivity index (χ0v) is 11.1. The van der Waals surface area contributed by atoms with E-state index in [1.54, 1.807) is 6.92 Å². The van der Waals surface area contributed by atoms with Crippen LogP contribution in [0.1, 0.15) is 31.4 Å². The van der Waals surface area contributed by atoms with E-state index in [2.05, 4.69) is 11.6 Å². The fourth-order valence-corrected chi connectivity index (χ4v) is 2.21. The van der Waals surface area contributed by atoms with Crippen molar-refractivity contribution >= 4 is 11.8 Å². The van der Waals surface area contributed by atoms with Crippen LogP contribution in [0, 0.1) is 11.6 Å². The second-order valence-corrected chi connectivity index (χ2v) is 5.00. The van der Waals surface area contributed by atoms with Gasteiger partial charge in [-0.2, -0.15) is 11.8 Å². The van der Waals surface area contributed by atoms with Crippen LogP contribution in [0.25, 0.3) is 0 Å². The Morgan fingerprint density at radius 3 is 2.47 bits per heavy atom. The summed E-state index contributed by atoms with van der Waals surface area (Å²) in [5, 5.41) is 3.15. The van der Waals surface area contributed by atoms with Crippen molar-refractivity contribution in [3.05, 3.63) is 35.4 Å². The summed E-state index contributed by atoms with van der Waals surface area (Å²) < 4.78 is 26.9. The lowest BCUT2D eigenvalue weighted by molar-refractivity contribution is 0.483. The van der Waals surface area contributed by atoms with Crippen LogP contribution in [0.15, 0.2) is 18.2 Å². The van der Waals surface area contributed by atoms with Crippen LogP contribution < -0.4 is 5.32 Å². The Kier molecular flexibility index (Phi) is 6.52. The molecule has 0 aliphatic carbocycles. The lowest BCUT2D eigenvalue weighted by Gasteiger charge is -2.15. The Labute approximate surface area is 106 Å². The Bertz CT molecular complexity index is 324. The molecular formula is C13H19F2NS. The van der Waals surface area contributed by atoms with Crippen LogP contribution in [0.4, 0.5) is 8.78 Å². The minimum atomic E-state index is -0.478. The first kappa shape index (κ1) is 14.5. The van der Waals surface area contributed by atoms with E-state index >= 15 is 0 Å². The van der Waals surface area contributed by atoms with Gasteiger partial charge in [0, 0.05) is 11.6 Å². The van der Waals surface area contributed by atoms with Gasteiger partial charge in [0.1, 0.15) is 11.6 Å². The van der Waals surface area contributed by atoms with Crippen LogP contribution in [-0.4, -0.2) is 18.6 Å². The zero-order valence-electron chi connectivity index (χ0n) is 10.3. The normalized spacial score (nSPS) is 12.7. The first-order valence-electron chi connectivity index (χ1n) is 5.83. The van der Waals surface area contributed by atoms with E-state index in [1.807, 2.05) is 11.8 Å². The fraction of sp³-hybridized carbons (Fsp3) is 0.538. The summed E-state index contributed by atoms with van der Waals surface area (Å²) in [6.07, 6.45) is 4.23. The molecule has 0 saturated heterocycles. The average molecular weight is 259 g/mol. The Hall–Kier alpha value is -0.610. The van der Waals surface area contributed by atoms with Gasteiger partial charge in [0.15, 0.2) is 0 Å². The molecule has 0 aromatic heterocycles. The second-order valence-electron chi connectivity index (χ2n) is 4.01. The van der Waals surface area contributed by atoms with Gasteiger partial charge in [-0.3, -0.25) is 0 Å². The SMILES string of the molecule is CSCCCCNC(C)c1c(F)cccc1F. The van der Waals surface area contributed by atoms with Crippen molar-refractivity contribution in [2.45, 2.75) is 25.8 Å². The Morgan fingerprint density at radius 2 is 1.88 bits per heavy atom. The highest BCUT2D eigenvalue weighted by atomic mass is 32.2. The molecule has 0 amide bonds. The average Bonchev–Trinajstić information content (AvgIpc) is 2.28. The van der Waals surface area contributed by atoms with Gasteiger partial charge >= 0.3 is 0 Å². The predicted octanol–water partition coefficient (Wildman–Crippen LogP) is 3.76. The Balaban J connectivity index is 2.44. The summed E-state index contributed by atoms with van der Waals surface area (Å²) in [5.41, 5.74) is 0.136.